The molecule has 1 aromatic rings. The summed E-state index contributed by atoms with van der Waals surface area (Å²) in [7, 11) is 0. The van der Waals surface area contributed by atoms with Gasteiger partial charge in [0.1, 0.15) is 5.75 Å². The van der Waals surface area contributed by atoms with Gasteiger partial charge in [-0.25, -0.2) is 0 Å². The molecule has 0 fully saturated rings. The highest BCUT2D eigenvalue weighted by Crippen LogP contribution is 2.14. The maximum atomic E-state index is 8.69. The van der Waals surface area contributed by atoms with E-state index in [1.165, 1.54) is 24.8 Å². The number of aliphatic hydroxyl groups is 1. The molecule has 0 radical (unpaired) electrons. The predicted molar refractivity (Wildman–Crippen MR) is 91.3 cm³/mol. The van der Waals surface area contributed by atoms with Crippen molar-refractivity contribution < 1.29 is 14.6 Å². The molecule has 0 aliphatic heterocycles. The van der Waals surface area contributed by atoms with Crippen LogP contribution in [0.3, 0.4) is 0 Å². The van der Waals surface area contributed by atoms with Gasteiger partial charge in [-0.2, -0.15) is 0 Å². The molecule has 0 atom stereocenters. The molecular weight excluding hydrogens is 276 g/mol. The van der Waals surface area contributed by atoms with E-state index in [0.717, 1.165) is 51.1 Å². The Morgan fingerprint density at radius 1 is 0.818 bits per heavy atom. The Hall–Kier alpha value is -1.06. The summed E-state index contributed by atoms with van der Waals surface area (Å²) in [5, 5.41) is 8.69. The zero-order chi connectivity index (χ0) is 15.9. The van der Waals surface area contributed by atoms with E-state index in [4.69, 9.17) is 14.6 Å². The second kappa shape index (κ2) is 13.6. The topological polar surface area (TPSA) is 38.7 Å². The molecule has 0 aliphatic rings. The number of rotatable bonds is 14. The molecule has 1 N–H and O–H groups in total. The SMILES string of the molecule is CCCCCCOc1ccc(COCCCCCCO)cc1. The molecule has 1 rings (SSSR count). The Kier molecular flexibility index (Phi) is 11.7. The zero-order valence-corrected chi connectivity index (χ0v) is 14.1. The van der Waals surface area contributed by atoms with Crippen molar-refractivity contribution in [1.29, 1.82) is 0 Å². The fourth-order valence-corrected chi connectivity index (χ4v) is 2.26. The highest BCUT2D eigenvalue weighted by atomic mass is 16.5. The first-order valence-corrected chi connectivity index (χ1v) is 8.77. The molecule has 1 aromatic carbocycles. The third-order valence-corrected chi connectivity index (χ3v) is 3.66. The Morgan fingerprint density at radius 3 is 2.23 bits per heavy atom. The standard InChI is InChI=1S/C19H32O3/c1-2-3-4-9-16-22-19-12-10-18(11-13-19)17-21-15-8-6-5-7-14-20/h10-13,20H,2-9,14-17H2,1H3. The van der Waals surface area contributed by atoms with Gasteiger partial charge in [0.05, 0.1) is 13.2 Å². The van der Waals surface area contributed by atoms with Crippen LogP contribution in [0.15, 0.2) is 24.3 Å². The fraction of sp³-hybridized carbons (Fsp3) is 0.684. The number of hydrogen-bond acceptors (Lipinski definition) is 3. The minimum absolute atomic E-state index is 0.299. The number of unbranched alkanes of at least 4 members (excludes halogenated alkanes) is 6. The normalized spacial score (nSPS) is 10.8. The summed E-state index contributed by atoms with van der Waals surface area (Å²) in [5.41, 5.74) is 1.19. The van der Waals surface area contributed by atoms with Crippen molar-refractivity contribution in [3.63, 3.8) is 0 Å². The largest absolute Gasteiger partial charge is 0.494 e. The summed E-state index contributed by atoms with van der Waals surface area (Å²) in [6.45, 7) is 4.78. The molecule has 0 spiro atoms. The lowest BCUT2D eigenvalue weighted by atomic mass is 10.2. The van der Waals surface area contributed by atoms with Gasteiger partial charge >= 0.3 is 0 Å². The Balaban J connectivity index is 2.06. The lowest BCUT2D eigenvalue weighted by Crippen LogP contribution is -1.98. The Bertz CT molecular complexity index is 348. The maximum Gasteiger partial charge on any atom is 0.119 e. The minimum Gasteiger partial charge on any atom is -0.494 e. The zero-order valence-electron chi connectivity index (χ0n) is 14.1. The van der Waals surface area contributed by atoms with E-state index in [2.05, 4.69) is 19.1 Å². The van der Waals surface area contributed by atoms with Gasteiger partial charge in [-0.15, -0.1) is 0 Å². The van der Waals surface area contributed by atoms with Crippen LogP contribution in [0.4, 0.5) is 0 Å². The Labute approximate surface area is 135 Å². The van der Waals surface area contributed by atoms with E-state index in [-0.39, 0.29) is 0 Å². The van der Waals surface area contributed by atoms with E-state index in [1.54, 1.807) is 0 Å². The van der Waals surface area contributed by atoms with Crippen molar-refractivity contribution >= 4 is 0 Å². The average Bonchev–Trinajstić information content (AvgIpc) is 2.55. The monoisotopic (exact) mass is 308 g/mol. The van der Waals surface area contributed by atoms with Crippen LogP contribution in [0.2, 0.25) is 0 Å². The van der Waals surface area contributed by atoms with Crippen LogP contribution in [0.5, 0.6) is 5.75 Å². The van der Waals surface area contributed by atoms with Gasteiger partial charge in [0.25, 0.3) is 0 Å². The van der Waals surface area contributed by atoms with Gasteiger partial charge in [-0.3, -0.25) is 0 Å². The lowest BCUT2D eigenvalue weighted by molar-refractivity contribution is 0.116. The predicted octanol–water partition coefficient (Wildman–Crippen LogP) is 4.72. The molecule has 0 aliphatic carbocycles. The van der Waals surface area contributed by atoms with Gasteiger partial charge in [-0.05, 0) is 37.0 Å². The quantitative estimate of drug-likeness (QED) is 0.506. The van der Waals surface area contributed by atoms with Gasteiger partial charge in [0, 0.05) is 13.2 Å². The highest BCUT2D eigenvalue weighted by Gasteiger charge is 1.97. The molecule has 3 nitrogen and oxygen atoms in total. The minimum atomic E-state index is 0.299. The van der Waals surface area contributed by atoms with Gasteiger partial charge in [0.15, 0.2) is 0 Å². The summed E-state index contributed by atoms with van der Waals surface area (Å²) in [6, 6.07) is 8.21. The average molecular weight is 308 g/mol. The Morgan fingerprint density at radius 2 is 1.50 bits per heavy atom. The van der Waals surface area contributed by atoms with Gasteiger partial charge < -0.3 is 14.6 Å². The number of benzene rings is 1. The van der Waals surface area contributed by atoms with E-state index >= 15 is 0 Å². The van der Waals surface area contributed by atoms with Crippen LogP contribution in [-0.2, 0) is 11.3 Å². The van der Waals surface area contributed by atoms with Crippen LogP contribution in [0.1, 0.15) is 63.9 Å². The van der Waals surface area contributed by atoms with Gasteiger partial charge in [-0.1, -0.05) is 51.2 Å². The van der Waals surface area contributed by atoms with Crippen LogP contribution >= 0.6 is 0 Å². The molecule has 0 heterocycles. The molecule has 22 heavy (non-hydrogen) atoms. The molecule has 0 aromatic heterocycles. The summed E-state index contributed by atoms with van der Waals surface area (Å²) >= 11 is 0. The van der Waals surface area contributed by atoms with E-state index in [1.807, 2.05) is 12.1 Å². The maximum absolute atomic E-state index is 8.69. The van der Waals surface area contributed by atoms with Crippen molar-refractivity contribution in [1.82, 2.24) is 0 Å². The van der Waals surface area contributed by atoms with Crippen LogP contribution < -0.4 is 4.74 Å². The molecule has 3 heteroatoms. The molecule has 0 unspecified atom stereocenters. The summed E-state index contributed by atoms with van der Waals surface area (Å²) in [6.07, 6.45) is 9.12. The highest BCUT2D eigenvalue weighted by molar-refractivity contribution is 5.26. The second-order valence-electron chi connectivity index (χ2n) is 5.74. The summed E-state index contributed by atoms with van der Waals surface area (Å²) < 4.78 is 11.4. The van der Waals surface area contributed by atoms with Crippen molar-refractivity contribution in [2.45, 2.75) is 64.9 Å². The third kappa shape index (κ3) is 9.80. The number of hydrogen-bond donors (Lipinski definition) is 1. The molecule has 0 bridgehead atoms. The van der Waals surface area contributed by atoms with Crippen molar-refractivity contribution in [3.8, 4) is 5.75 Å². The second-order valence-corrected chi connectivity index (χ2v) is 5.74. The third-order valence-electron chi connectivity index (χ3n) is 3.66. The van der Waals surface area contributed by atoms with Crippen LogP contribution in [0, 0.1) is 0 Å². The smallest absolute Gasteiger partial charge is 0.119 e. The first kappa shape index (κ1) is 19.0. The van der Waals surface area contributed by atoms with E-state index in [0.29, 0.717) is 13.2 Å². The van der Waals surface area contributed by atoms with E-state index in [9.17, 15) is 0 Å². The number of aliphatic hydroxyl groups excluding tert-OH is 1. The lowest BCUT2D eigenvalue weighted by Gasteiger charge is -2.08. The molecule has 0 amide bonds. The first-order chi connectivity index (χ1) is 10.9. The molecule has 0 saturated heterocycles. The summed E-state index contributed by atoms with van der Waals surface area (Å²) in [4.78, 5) is 0. The van der Waals surface area contributed by atoms with Crippen molar-refractivity contribution in [2.75, 3.05) is 19.8 Å². The molecule has 0 saturated carbocycles. The van der Waals surface area contributed by atoms with E-state index < -0.39 is 0 Å². The molecule has 126 valence electrons. The van der Waals surface area contributed by atoms with Crippen LogP contribution in [-0.4, -0.2) is 24.9 Å². The number of ether oxygens (including phenoxy) is 2. The molecular formula is C19H32O3. The van der Waals surface area contributed by atoms with Crippen LogP contribution in [0.25, 0.3) is 0 Å². The first-order valence-electron chi connectivity index (χ1n) is 8.77. The fourth-order valence-electron chi connectivity index (χ4n) is 2.26. The summed E-state index contributed by atoms with van der Waals surface area (Å²) in [5.74, 6) is 0.948. The van der Waals surface area contributed by atoms with Gasteiger partial charge in [0.2, 0.25) is 0 Å². The van der Waals surface area contributed by atoms with Crippen molar-refractivity contribution in [2.24, 2.45) is 0 Å². The van der Waals surface area contributed by atoms with Crippen molar-refractivity contribution in [3.05, 3.63) is 29.8 Å².